The average Bonchev–Trinajstić information content (AvgIpc) is 2.90. The molecule has 0 amide bonds. The minimum absolute atomic E-state index is 0.709. The van der Waals surface area contributed by atoms with Crippen LogP contribution < -0.4 is 10.6 Å². The van der Waals surface area contributed by atoms with Crippen molar-refractivity contribution in [3.8, 4) is 11.1 Å². The van der Waals surface area contributed by atoms with Gasteiger partial charge in [0, 0.05) is 55.6 Å². The Morgan fingerprint density at radius 2 is 2.17 bits per heavy atom. The first-order valence-corrected chi connectivity index (χ1v) is 5.95. The number of benzene rings is 1. The Hall–Kier alpha value is -1.94. The maximum absolute atomic E-state index is 6.02. The monoisotopic (exact) mass is 245 g/mol. The van der Waals surface area contributed by atoms with Crippen LogP contribution in [0.5, 0.6) is 0 Å². The lowest BCUT2D eigenvalue weighted by Crippen LogP contribution is -2.22. The molecule has 0 saturated carbocycles. The van der Waals surface area contributed by atoms with Crippen LogP contribution >= 0.6 is 0 Å². The van der Waals surface area contributed by atoms with Gasteiger partial charge in [0.05, 0.1) is 6.61 Å². The lowest BCUT2D eigenvalue weighted by Gasteiger charge is -2.20. The Morgan fingerprint density at radius 3 is 2.83 bits per heavy atom. The van der Waals surface area contributed by atoms with E-state index in [0.29, 0.717) is 6.61 Å². The number of H-pyrrole nitrogens is 1. The van der Waals surface area contributed by atoms with E-state index in [2.05, 4.69) is 16.0 Å². The van der Waals surface area contributed by atoms with E-state index in [9.17, 15) is 0 Å². The third kappa shape index (κ3) is 2.65. The van der Waals surface area contributed by atoms with Crippen molar-refractivity contribution in [2.75, 3.05) is 37.9 Å². The van der Waals surface area contributed by atoms with Crippen LogP contribution in [0.1, 0.15) is 0 Å². The van der Waals surface area contributed by atoms with Gasteiger partial charge in [0.2, 0.25) is 0 Å². The van der Waals surface area contributed by atoms with E-state index >= 15 is 0 Å². The molecule has 0 aliphatic carbocycles. The van der Waals surface area contributed by atoms with Gasteiger partial charge in [-0.05, 0) is 24.3 Å². The Kier molecular flexibility index (Phi) is 3.89. The zero-order chi connectivity index (χ0) is 13.0. The van der Waals surface area contributed by atoms with Crippen molar-refractivity contribution >= 4 is 11.4 Å². The van der Waals surface area contributed by atoms with Crippen LogP contribution in [-0.2, 0) is 4.74 Å². The highest BCUT2D eigenvalue weighted by atomic mass is 16.5. The van der Waals surface area contributed by atoms with Crippen LogP contribution in [0.4, 0.5) is 11.4 Å². The Morgan fingerprint density at radius 1 is 1.33 bits per heavy atom. The van der Waals surface area contributed by atoms with Crippen molar-refractivity contribution in [3.63, 3.8) is 0 Å². The number of nitrogen functional groups attached to an aromatic ring is 1. The Bertz CT molecular complexity index is 494. The van der Waals surface area contributed by atoms with E-state index in [1.807, 2.05) is 37.6 Å². The van der Waals surface area contributed by atoms with E-state index in [-0.39, 0.29) is 0 Å². The van der Waals surface area contributed by atoms with Crippen molar-refractivity contribution in [1.82, 2.24) is 4.98 Å². The molecule has 18 heavy (non-hydrogen) atoms. The van der Waals surface area contributed by atoms with Gasteiger partial charge >= 0.3 is 0 Å². The first-order valence-electron chi connectivity index (χ1n) is 5.95. The summed E-state index contributed by atoms with van der Waals surface area (Å²) in [6.07, 6.45) is 3.85. The standard InChI is InChI=1S/C14H19N3O/c1-17(7-8-18-2)12-3-4-14(15)13(9-12)11-5-6-16-10-11/h3-6,9-10,16H,7-8,15H2,1-2H3. The fourth-order valence-corrected chi connectivity index (χ4v) is 1.88. The van der Waals surface area contributed by atoms with Gasteiger partial charge in [-0.25, -0.2) is 0 Å². The number of nitrogens with zero attached hydrogens (tertiary/aromatic N) is 1. The molecule has 3 N–H and O–H groups in total. The Labute approximate surface area is 107 Å². The summed E-state index contributed by atoms with van der Waals surface area (Å²) < 4.78 is 5.09. The van der Waals surface area contributed by atoms with Crippen LogP contribution in [0, 0.1) is 0 Å². The number of ether oxygens (including phenoxy) is 1. The average molecular weight is 245 g/mol. The maximum atomic E-state index is 6.02. The van der Waals surface area contributed by atoms with Crippen LogP contribution in [0.2, 0.25) is 0 Å². The number of likely N-dealkylation sites (N-methyl/N-ethyl adjacent to an activating group) is 1. The fraction of sp³-hybridized carbons (Fsp3) is 0.286. The molecular weight excluding hydrogens is 226 g/mol. The predicted octanol–water partition coefficient (Wildman–Crippen LogP) is 2.35. The highest BCUT2D eigenvalue weighted by Crippen LogP contribution is 2.29. The summed E-state index contributed by atoms with van der Waals surface area (Å²) in [5.74, 6) is 0. The molecule has 0 spiro atoms. The molecule has 0 bridgehead atoms. The van der Waals surface area contributed by atoms with Gasteiger partial charge in [-0.1, -0.05) is 0 Å². The summed E-state index contributed by atoms with van der Waals surface area (Å²) in [5.41, 5.74) is 10.1. The maximum Gasteiger partial charge on any atom is 0.0637 e. The number of hydrogen-bond acceptors (Lipinski definition) is 3. The molecule has 4 nitrogen and oxygen atoms in total. The van der Waals surface area contributed by atoms with Crippen molar-refractivity contribution in [3.05, 3.63) is 36.7 Å². The number of anilines is 2. The third-order valence-corrected chi connectivity index (χ3v) is 3.02. The number of nitrogens with two attached hydrogens (primary N) is 1. The van der Waals surface area contributed by atoms with Crippen LogP contribution in [0.25, 0.3) is 11.1 Å². The lowest BCUT2D eigenvalue weighted by atomic mass is 10.1. The second kappa shape index (κ2) is 5.60. The minimum atomic E-state index is 0.709. The number of methoxy groups -OCH3 is 1. The molecule has 2 aromatic rings. The van der Waals surface area contributed by atoms with Crippen LogP contribution in [0.3, 0.4) is 0 Å². The summed E-state index contributed by atoms with van der Waals surface area (Å²) in [5, 5.41) is 0. The highest BCUT2D eigenvalue weighted by Gasteiger charge is 2.07. The van der Waals surface area contributed by atoms with E-state index in [0.717, 1.165) is 29.0 Å². The topological polar surface area (TPSA) is 54.3 Å². The first-order chi connectivity index (χ1) is 8.72. The molecule has 0 saturated heterocycles. The second-order valence-corrected chi connectivity index (χ2v) is 4.29. The number of aromatic amines is 1. The quantitative estimate of drug-likeness (QED) is 0.795. The first kappa shape index (κ1) is 12.5. The van der Waals surface area contributed by atoms with E-state index in [4.69, 9.17) is 10.5 Å². The summed E-state index contributed by atoms with van der Waals surface area (Å²) in [4.78, 5) is 5.20. The van der Waals surface area contributed by atoms with Crippen molar-refractivity contribution in [1.29, 1.82) is 0 Å². The molecule has 0 radical (unpaired) electrons. The van der Waals surface area contributed by atoms with Gasteiger partial charge in [-0.15, -0.1) is 0 Å². The number of rotatable bonds is 5. The molecule has 96 valence electrons. The lowest BCUT2D eigenvalue weighted by molar-refractivity contribution is 0.206. The zero-order valence-electron chi connectivity index (χ0n) is 10.8. The van der Waals surface area contributed by atoms with Crippen molar-refractivity contribution in [2.45, 2.75) is 0 Å². The third-order valence-electron chi connectivity index (χ3n) is 3.02. The molecular formula is C14H19N3O. The summed E-state index contributed by atoms with van der Waals surface area (Å²) in [6, 6.07) is 8.10. The number of hydrogen-bond donors (Lipinski definition) is 2. The highest BCUT2D eigenvalue weighted by molar-refractivity contribution is 5.79. The van der Waals surface area contributed by atoms with Crippen molar-refractivity contribution < 1.29 is 4.74 Å². The number of nitrogens with one attached hydrogen (secondary N) is 1. The Balaban J connectivity index is 2.26. The van der Waals surface area contributed by atoms with E-state index in [1.165, 1.54) is 0 Å². The molecule has 1 heterocycles. The molecule has 1 aromatic heterocycles. The normalized spacial score (nSPS) is 10.6. The van der Waals surface area contributed by atoms with Crippen LogP contribution in [-0.4, -0.2) is 32.3 Å². The van der Waals surface area contributed by atoms with Gasteiger partial charge in [-0.2, -0.15) is 0 Å². The molecule has 0 aliphatic heterocycles. The molecule has 2 rings (SSSR count). The molecule has 0 atom stereocenters. The van der Waals surface area contributed by atoms with Gasteiger partial charge in [0.15, 0.2) is 0 Å². The van der Waals surface area contributed by atoms with Crippen molar-refractivity contribution in [2.24, 2.45) is 0 Å². The second-order valence-electron chi connectivity index (χ2n) is 4.29. The largest absolute Gasteiger partial charge is 0.398 e. The van der Waals surface area contributed by atoms with Gasteiger partial charge in [0.25, 0.3) is 0 Å². The molecule has 0 aliphatic rings. The van der Waals surface area contributed by atoms with E-state index < -0.39 is 0 Å². The molecule has 0 fully saturated rings. The fourth-order valence-electron chi connectivity index (χ4n) is 1.88. The predicted molar refractivity (Wildman–Crippen MR) is 75.8 cm³/mol. The smallest absolute Gasteiger partial charge is 0.0637 e. The molecule has 4 heteroatoms. The molecule has 0 unspecified atom stereocenters. The molecule has 1 aromatic carbocycles. The summed E-state index contributed by atoms with van der Waals surface area (Å²) in [6.45, 7) is 1.56. The summed E-state index contributed by atoms with van der Waals surface area (Å²) >= 11 is 0. The SMILES string of the molecule is COCCN(C)c1ccc(N)c(-c2cc[nH]c2)c1. The number of aromatic nitrogens is 1. The van der Waals surface area contributed by atoms with Gasteiger partial charge < -0.3 is 20.4 Å². The summed E-state index contributed by atoms with van der Waals surface area (Å²) in [7, 11) is 3.76. The minimum Gasteiger partial charge on any atom is -0.398 e. The van der Waals surface area contributed by atoms with Gasteiger partial charge in [-0.3, -0.25) is 0 Å². The van der Waals surface area contributed by atoms with E-state index in [1.54, 1.807) is 7.11 Å². The van der Waals surface area contributed by atoms with Gasteiger partial charge in [0.1, 0.15) is 0 Å². The zero-order valence-corrected chi connectivity index (χ0v) is 10.8. The van der Waals surface area contributed by atoms with Crippen LogP contribution in [0.15, 0.2) is 36.7 Å².